The Bertz CT molecular complexity index is 982. The molecule has 2 N–H and O–H groups in total. The Morgan fingerprint density at radius 2 is 2.10 bits per heavy atom. The molecule has 1 aliphatic heterocycles. The van der Waals surface area contributed by atoms with Gasteiger partial charge in [0.05, 0.1) is 22.7 Å². The zero-order valence-electron chi connectivity index (χ0n) is 17.4. The summed E-state index contributed by atoms with van der Waals surface area (Å²) in [5.41, 5.74) is 1.45. The largest absolute Gasteiger partial charge is 0.486 e. The Morgan fingerprint density at radius 3 is 2.83 bits per heavy atom. The first-order valence-electron chi connectivity index (χ1n) is 10.1. The van der Waals surface area contributed by atoms with Crippen molar-refractivity contribution >= 4 is 11.0 Å². The molecule has 29 heavy (non-hydrogen) atoms. The monoisotopic (exact) mass is 398 g/mol. The highest BCUT2D eigenvalue weighted by atomic mass is 16.5. The molecular formula is C24H30O5. The zero-order chi connectivity index (χ0) is 21.2. The van der Waals surface area contributed by atoms with Crippen molar-refractivity contribution in [3.8, 4) is 5.75 Å². The molecule has 0 spiro atoms. The lowest BCUT2D eigenvalue weighted by molar-refractivity contribution is -0.0429. The van der Waals surface area contributed by atoms with Crippen LogP contribution in [0.2, 0.25) is 0 Å². The number of rotatable bonds is 8. The first-order chi connectivity index (χ1) is 13.7. The van der Waals surface area contributed by atoms with Crippen LogP contribution in [0.1, 0.15) is 52.0 Å². The second-order valence-electron chi connectivity index (χ2n) is 8.35. The molecule has 1 aromatic heterocycles. The first kappa shape index (κ1) is 21.3. The van der Waals surface area contributed by atoms with Crippen LogP contribution in [0.25, 0.3) is 11.0 Å². The van der Waals surface area contributed by atoms with E-state index in [0.29, 0.717) is 42.6 Å². The van der Waals surface area contributed by atoms with E-state index < -0.39 is 23.4 Å². The van der Waals surface area contributed by atoms with Gasteiger partial charge in [-0.05, 0) is 58.6 Å². The second kappa shape index (κ2) is 8.56. The van der Waals surface area contributed by atoms with Crippen LogP contribution in [0.15, 0.2) is 57.3 Å². The minimum atomic E-state index is -1.08. The molecule has 0 fully saturated rings. The molecule has 2 heterocycles. The van der Waals surface area contributed by atoms with Crippen molar-refractivity contribution in [2.45, 2.75) is 70.7 Å². The van der Waals surface area contributed by atoms with E-state index >= 15 is 0 Å². The van der Waals surface area contributed by atoms with Crippen molar-refractivity contribution in [2.24, 2.45) is 0 Å². The molecule has 0 radical (unpaired) electrons. The molecule has 0 bridgehead atoms. The van der Waals surface area contributed by atoms with E-state index in [0.717, 1.165) is 17.4 Å². The summed E-state index contributed by atoms with van der Waals surface area (Å²) >= 11 is 0. The lowest BCUT2D eigenvalue weighted by Crippen LogP contribution is -2.42. The summed E-state index contributed by atoms with van der Waals surface area (Å²) in [6.07, 6.45) is 4.09. The van der Waals surface area contributed by atoms with Crippen molar-refractivity contribution < 1.29 is 19.4 Å². The zero-order valence-corrected chi connectivity index (χ0v) is 17.4. The molecule has 0 amide bonds. The lowest BCUT2D eigenvalue weighted by Gasteiger charge is -2.29. The number of aliphatic hydroxyl groups excluding tert-OH is 1. The third-order valence-corrected chi connectivity index (χ3v) is 5.72. The van der Waals surface area contributed by atoms with Gasteiger partial charge in [-0.3, -0.25) is 0 Å². The fourth-order valence-corrected chi connectivity index (χ4v) is 3.67. The van der Waals surface area contributed by atoms with E-state index in [9.17, 15) is 15.0 Å². The minimum Gasteiger partial charge on any atom is -0.486 e. The van der Waals surface area contributed by atoms with Gasteiger partial charge in [0.15, 0.2) is 0 Å². The Labute approximate surface area is 171 Å². The maximum Gasteiger partial charge on any atom is 0.343 e. The van der Waals surface area contributed by atoms with Crippen molar-refractivity contribution in [1.29, 1.82) is 0 Å². The molecular weight excluding hydrogens is 368 g/mol. The predicted octanol–water partition coefficient (Wildman–Crippen LogP) is 4.29. The van der Waals surface area contributed by atoms with Gasteiger partial charge in [-0.25, -0.2) is 4.79 Å². The number of para-hydroxylation sites is 1. The van der Waals surface area contributed by atoms with Gasteiger partial charge in [-0.2, -0.15) is 0 Å². The maximum atomic E-state index is 12.3. The predicted molar refractivity (Wildman–Crippen MR) is 114 cm³/mol. The Morgan fingerprint density at radius 1 is 1.38 bits per heavy atom. The van der Waals surface area contributed by atoms with Crippen LogP contribution in [-0.2, 0) is 6.42 Å². The first-order valence-corrected chi connectivity index (χ1v) is 10.1. The van der Waals surface area contributed by atoms with Gasteiger partial charge in [0.25, 0.3) is 0 Å². The van der Waals surface area contributed by atoms with Crippen molar-refractivity contribution in [2.75, 3.05) is 0 Å². The van der Waals surface area contributed by atoms with Gasteiger partial charge in [0, 0.05) is 6.42 Å². The quantitative estimate of drug-likeness (QED) is 0.512. The third kappa shape index (κ3) is 4.80. The number of allylic oxidation sites excluding steroid dienone is 2. The van der Waals surface area contributed by atoms with E-state index in [1.807, 2.05) is 32.0 Å². The summed E-state index contributed by atoms with van der Waals surface area (Å²) in [7, 11) is 0. The molecule has 0 saturated carbocycles. The van der Waals surface area contributed by atoms with Crippen LogP contribution in [0.4, 0.5) is 0 Å². The summed E-state index contributed by atoms with van der Waals surface area (Å²) in [4.78, 5) is 12.3. The SMILES string of the molecule is C=C(C)C(O)CC/C(C)=C/CCC(C)(O)C1Cc2c(c3ccccc3oc2=O)O1. The normalized spacial score (nSPS) is 19.5. The van der Waals surface area contributed by atoms with Crippen molar-refractivity contribution in [1.82, 2.24) is 0 Å². The van der Waals surface area contributed by atoms with Crippen LogP contribution >= 0.6 is 0 Å². The maximum absolute atomic E-state index is 12.3. The number of fused-ring (bicyclic) bond motifs is 3. The van der Waals surface area contributed by atoms with Crippen LogP contribution in [0.5, 0.6) is 5.75 Å². The van der Waals surface area contributed by atoms with Gasteiger partial charge < -0.3 is 19.4 Å². The van der Waals surface area contributed by atoms with E-state index in [2.05, 4.69) is 12.7 Å². The highest BCUT2D eigenvalue weighted by Crippen LogP contribution is 2.38. The topological polar surface area (TPSA) is 79.9 Å². The van der Waals surface area contributed by atoms with Crippen molar-refractivity contribution in [3.05, 3.63) is 64.1 Å². The molecule has 0 aliphatic carbocycles. The van der Waals surface area contributed by atoms with Crippen LogP contribution < -0.4 is 10.4 Å². The van der Waals surface area contributed by atoms with Gasteiger partial charge in [-0.1, -0.05) is 35.9 Å². The van der Waals surface area contributed by atoms with Crippen LogP contribution in [-0.4, -0.2) is 28.0 Å². The van der Waals surface area contributed by atoms with E-state index in [1.165, 1.54) is 5.57 Å². The average Bonchev–Trinajstić information content (AvgIpc) is 3.13. The van der Waals surface area contributed by atoms with Gasteiger partial charge >= 0.3 is 5.63 Å². The Kier molecular flexibility index (Phi) is 6.30. The summed E-state index contributed by atoms with van der Waals surface area (Å²) < 4.78 is 11.4. The third-order valence-electron chi connectivity index (χ3n) is 5.72. The lowest BCUT2D eigenvalue weighted by atomic mass is 9.90. The number of hydrogen-bond acceptors (Lipinski definition) is 5. The fraction of sp³-hybridized carbons (Fsp3) is 0.458. The molecule has 0 saturated heterocycles. The number of aliphatic hydroxyl groups is 2. The van der Waals surface area contributed by atoms with E-state index in [1.54, 1.807) is 13.0 Å². The highest BCUT2D eigenvalue weighted by Gasteiger charge is 2.40. The number of ether oxygens (including phenoxy) is 1. The van der Waals surface area contributed by atoms with Crippen LogP contribution in [0.3, 0.4) is 0 Å². The second-order valence-corrected chi connectivity index (χ2v) is 8.35. The van der Waals surface area contributed by atoms with Crippen molar-refractivity contribution in [3.63, 3.8) is 0 Å². The van der Waals surface area contributed by atoms with Gasteiger partial charge in [-0.15, -0.1) is 0 Å². The smallest absolute Gasteiger partial charge is 0.343 e. The van der Waals surface area contributed by atoms with E-state index in [-0.39, 0.29) is 0 Å². The van der Waals surface area contributed by atoms with Gasteiger partial charge in [0.2, 0.25) is 0 Å². The molecule has 2 aromatic rings. The Balaban J connectivity index is 1.64. The average molecular weight is 398 g/mol. The summed E-state index contributed by atoms with van der Waals surface area (Å²) in [5.74, 6) is 0.530. The van der Waals surface area contributed by atoms with Crippen LogP contribution in [0, 0.1) is 0 Å². The molecule has 5 heteroatoms. The summed E-state index contributed by atoms with van der Waals surface area (Å²) in [5, 5.41) is 21.6. The number of hydrogen-bond donors (Lipinski definition) is 2. The minimum absolute atomic E-state index is 0.336. The Hall–Kier alpha value is -2.37. The molecule has 3 rings (SSSR count). The standard InChI is InChI=1S/C24H30O5/c1-15(2)19(25)12-11-16(3)8-7-13-24(4,27)21-14-18-22(29-21)17-9-5-6-10-20(17)28-23(18)26/h5-6,8-10,19,21,25,27H,1,7,11-14H2,2-4H3/b16-8+. The van der Waals surface area contributed by atoms with E-state index in [4.69, 9.17) is 9.15 Å². The summed E-state index contributed by atoms with van der Waals surface area (Å²) in [6.45, 7) is 9.37. The fourth-order valence-electron chi connectivity index (χ4n) is 3.67. The molecule has 5 nitrogen and oxygen atoms in total. The summed E-state index contributed by atoms with van der Waals surface area (Å²) in [6, 6.07) is 7.28. The number of benzene rings is 1. The molecule has 3 unspecified atom stereocenters. The molecule has 1 aliphatic rings. The molecule has 1 aromatic carbocycles. The molecule has 3 atom stereocenters. The highest BCUT2D eigenvalue weighted by molar-refractivity contribution is 5.84. The van der Waals surface area contributed by atoms with Gasteiger partial charge in [0.1, 0.15) is 17.4 Å². The molecule has 156 valence electrons.